The van der Waals surface area contributed by atoms with Crippen LogP contribution in [0.4, 0.5) is 0 Å². The number of hydrogen-bond acceptors (Lipinski definition) is 2. The van der Waals surface area contributed by atoms with Crippen molar-refractivity contribution in [1.82, 2.24) is 0 Å². The van der Waals surface area contributed by atoms with Gasteiger partial charge in [0.25, 0.3) is 0 Å². The van der Waals surface area contributed by atoms with Crippen molar-refractivity contribution in [3.63, 3.8) is 0 Å². The van der Waals surface area contributed by atoms with Crippen LogP contribution in [0.25, 0.3) is 0 Å². The van der Waals surface area contributed by atoms with Crippen LogP contribution in [0.5, 0.6) is 5.75 Å². The molecule has 0 N–H and O–H groups in total. The number of ether oxygens (including phenoxy) is 1. The molecule has 114 valence electrons. The summed E-state index contributed by atoms with van der Waals surface area (Å²) in [6.45, 7) is 0. The molecule has 3 rings (SSSR count). The fourth-order valence-corrected chi connectivity index (χ4v) is 2.81. The first-order chi connectivity index (χ1) is 11.3. The third kappa shape index (κ3) is 3.32. The van der Waals surface area contributed by atoms with Crippen molar-refractivity contribution in [1.29, 1.82) is 0 Å². The molecule has 3 aromatic carbocycles. The molecule has 1 atom stereocenters. The number of rotatable bonds is 5. The Morgan fingerprint density at radius 2 is 1.43 bits per heavy atom. The SMILES string of the molecule is COc1cccc([C@H](c2ccccc2)c2ccc(C=O)cc2)c1. The molecule has 0 radical (unpaired) electrons. The summed E-state index contributed by atoms with van der Waals surface area (Å²) >= 11 is 0. The maximum absolute atomic E-state index is 10.9. The fourth-order valence-electron chi connectivity index (χ4n) is 2.81. The first-order valence-corrected chi connectivity index (χ1v) is 7.56. The van der Waals surface area contributed by atoms with Crippen LogP contribution in [0, 0.1) is 0 Å². The van der Waals surface area contributed by atoms with Crippen LogP contribution in [0.1, 0.15) is 33.0 Å². The first-order valence-electron chi connectivity index (χ1n) is 7.56. The fraction of sp³-hybridized carbons (Fsp3) is 0.0952. The van der Waals surface area contributed by atoms with Crippen LogP contribution in [0.15, 0.2) is 78.9 Å². The van der Waals surface area contributed by atoms with Gasteiger partial charge in [0.1, 0.15) is 12.0 Å². The van der Waals surface area contributed by atoms with E-state index in [9.17, 15) is 4.79 Å². The summed E-state index contributed by atoms with van der Waals surface area (Å²) < 4.78 is 5.37. The van der Waals surface area contributed by atoms with Gasteiger partial charge in [-0.25, -0.2) is 0 Å². The lowest BCUT2D eigenvalue weighted by atomic mass is 9.85. The zero-order chi connectivity index (χ0) is 16.1. The minimum atomic E-state index is 0.104. The van der Waals surface area contributed by atoms with Gasteiger partial charge in [0.15, 0.2) is 0 Å². The minimum Gasteiger partial charge on any atom is -0.497 e. The lowest BCUT2D eigenvalue weighted by Gasteiger charge is -2.19. The maximum Gasteiger partial charge on any atom is 0.150 e. The Kier molecular flexibility index (Phi) is 4.53. The van der Waals surface area contributed by atoms with Crippen molar-refractivity contribution in [2.45, 2.75) is 5.92 Å². The van der Waals surface area contributed by atoms with Gasteiger partial charge in [0, 0.05) is 11.5 Å². The zero-order valence-corrected chi connectivity index (χ0v) is 13.0. The van der Waals surface area contributed by atoms with E-state index in [0.29, 0.717) is 5.56 Å². The van der Waals surface area contributed by atoms with Gasteiger partial charge in [0.05, 0.1) is 7.11 Å². The number of aldehydes is 1. The third-order valence-electron chi connectivity index (χ3n) is 3.97. The highest BCUT2D eigenvalue weighted by Crippen LogP contribution is 2.33. The summed E-state index contributed by atoms with van der Waals surface area (Å²) in [5.74, 6) is 0.944. The van der Waals surface area contributed by atoms with Crippen LogP contribution < -0.4 is 4.74 Å². The molecule has 0 unspecified atom stereocenters. The third-order valence-corrected chi connectivity index (χ3v) is 3.97. The average Bonchev–Trinajstić information content (AvgIpc) is 2.64. The highest BCUT2D eigenvalue weighted by molar-refractivity contribution is 5.74. The van der Waals surface area contributed by atoms with Gasteiger partial charge in [-0.3, -0.25) is 4.79 Å². The van der Waals surface area contributed by atoms with Crippen molar-refractivity contribution >= 4 is 6.29 Å². The Morgan fingerprint density at radius 1 is 0.783 bits per heavy atom. The maximum atomic E-state index is 10.9. The molecule has 0 bridgehead atoms. The van der Waals surface area contributed by atoms with E-state index >= 15 is 0 Å². The first kappa shape index (κ1) is 15.0. The second kappa shape index (κ2) is 6.93. The second-order valence-electron chi connectivity index (χ2n) is 5.40. The number of carbonyl (C=O) groups is 1. The van der Waals surface area contributed by atoms with E-state index in [1.54, 1.807) is 7.11 Å². The molecule has 0 aliphatic carbocycles. The monoisotopic (exact) mass is 302 g/mol. The molecule has 3 aromatic rings. The van der Waals surface area contributed by atoms with Crippen LogP contribution in [0.3, 0.4) is 0 Å². The Labute approximate surface area is 136 Å². The summed E-state index contributed by atoms with van der Waals surface area (Å²) in [6, 6.07) is 26.2. The molecule has 0 saturated heterocycles. The largest absolute Gasteiger partial charge is 0.497 e. The lowest BCUT2D eigenvalue weighted by molar-refractivity contribution is 0.112. The molecule has 2 heteroatoms. The van der Waals surface area contributed by atoms with Crippen LogP contribution in [0.2, 0.25) is 0 Å². The normalized spacial score (nSPS) is 11.7. The molecule has 23 heavy (non-hydrogen) atoms. The molecule has 0 aliphatic rings. The molecule has 0 spiro atoms. The lowest BCUT2D eigenvalue weighted by Crippen LogP contribution is -2.03. The minimum absolute atomic E-state index is 0.104. The summed E-state index contributed by atoms with van der Waals surface area (Å²) in [5, 5.41) is 0. The quantitative estimate of drug-likeness (QED) is 0.505. The van der Waals surface area contributed by atoms with E-state index in [-0.39, 0.29) is 5.92 Å². The molecule has 2 nitrogen and oxygen atoms in total. The molecular weight excluding hydrogens is 284 g/mol. The summed E-state index contributed by atoms with van der Waals surface area (Å²) in [6.07, 6.45) is 0.868. The predicted molar refractivity (Wildman–Crippen MR) is 92.2 cm³/mol. The van der Waals surface area contributed by atoms with Gasteiger partial charge in [-0.15, -0.1) is 0 Å². The molecule has 0 fully saturated rings. The van der Waals surface area contributed by atoms with Crippen LogP contribution in [-0.2, 0) is 0 Å². The van der Waals surface area contributed by atoms with E-state index in [0.717, 1.165) is 23.2 Å². The summed E-state index contributed by atoms with van der Waals surface area (Å²) in [5.41, 5.74) is 4.20. The van der Waals surface area contributed by atoms with Crippen molar-refractivity contribution in [3.8, 4) is 5.75 Å². The van der Waals surface area contributed by atoms with Gasteiger partial charge in [0.2, 0.25) is 0 Å². The Bertz CT molecular complexity index is 776. The van der Waals surface area contributed by atoms with Crippen molar-refractivity contribution in [3.05, 3.63) is 101 Å². The highest BCUT2D eigenvalue weighted by atomic mass is 16.5. The molecule has 0 heterocycles. The Morgan fingerprint density at radius 3 is 2.09 bits per heavy atom. The van der Waals surface area contributed by atoms with Crippen LogP contribution >= 0.6 is 0 Å². The van der Waals surface area contributed by atoms with E-state index in [4.69, 9.17) is 4.74 Å². The molecule has 0 aliphatic heterocycles. The predicted octanol–water partition coefficient (Wildman–Crippen LogP) is 4.69. The molecular formula is C21H18O2. The number of methoxy groups -OCH3 is 1. The Hall–Kier alpha value is -2.87. The smallest absolute Gasteiger partial charge is 0.150 e. The number of benzene rings is 3. The van der Waals surface area contributed by atoms with Crippen molar-refractivity contribution < 1.29 is 9.53 Å². The van der Waals surface area contributed by atoms with Gasteiger partial charge >= 0.3 is 0 Å². The molecule has 0 saturated carbocycles. The highest BCUT2D eigenvalue weighted by Gasteiger charge is 2.17. The summed E-state index contributed by atoms with van der Waals surface area (Å²) in [4.78, 5) is 10.9. The average molecular weight is 302 g/mol. The van der Waals surface area contributed by atoms with Gasteiger partial charge in [-0.05, 0) is 28.8 Å². The van der Waals surface area contributed by atoms with E-state index < -0.39 is 0 Å². The van der Waals surface area contributed by atoms with E-state index in [1.165, 1.54) is 5.56 Å². The summed E-state index contributed by atoms with van der Waals surface area (Å²) in [7, 11) is 1.68. The molecule has 0 amide bonds. The van der Waals surface area contributed by atoms with E-state index in [1.807, 2.05) is 54.6 Å². The Balaban J connectivity index is 2.11. The molecule has 0 aromatic heterocycles. The number of carbonyl (C=O) groups excluding carboxylic acids is 1. The van der Waals surface area contributed by atoms with Crippen molar-refractivity contribution in [2.75, 3.05) is 7.11 Å². The van der Waals surface area contributed by atoms with Crippen molar-refractivity contribution in [2.24, 2.45) is 0 Å². The van der Waals surface area contributed by atoms with Gasteiger partial charge < -0.3 is 4.74 Å². The standard InChI is InChI=1S/C21H18O2/c1-23-20-9-5-8-19(14-20)21(17-6-3-2-4-7-17)18-12-10-16(15-22)11-13-18/h2-15,21H,1H3/t21-/m1/s1. The zero-order valence-electron chi connectivity index (χ0n) is 13.0. The topological polar surface area (TPSA) is 26.3 Å². The van der Waals surface area contributed by atoms with E-state index in [2.05, 4.69) is 24.3 Å². The number of hydrogen-bond donors (Lipinski definition) is 0. The van der Waals surface area contributed by atoms with Crippen LogP contribution in [-0.4, -0.2) is 13.4 Å². The van der Waals surface area contributed by atoms with Gasteiger partial charge in [-0.1, -0.05) is 66.7 Å². The second-order valence-corrected chi connectivity index (χ2v) is 5.40. The van der Waals surface area contributed by atoms with Gasteiger partial charge in [-0.2, -0.15) is 0 Å².